The predicted molar refractivity (Wildman–Crippen MR) is 89.5 cm³/mol. The van der Waals surface area contributed by atoms with E-state index in [-0.39, 0.29) is 23.7 Å². The number of carbonyl (C=O) groups excluding carboxylic acids is 2. The van der Waals surface area contributed by atoms with Gasteiger partial charge in [-0.3, -0.25) is 9.59 Å². The maximum absolute atomic E-state index is 12.5. The predicted octanol–water partition coefficient (Wildman–Crippen LogP) is 1.76. The standard InChI is InChI=1S/C18H24N2O4/c1-12(2)15(18(23)24)19-16(21)14-9-6-10-20(11-14)17(22)13-7-4-3-5-8-13/h3-5,7-8,12,14-15H,6,9-11H2,1-2H3,(H,19,21)(H,23,24). The summed E-state index contributed by atoms with van der Waals surface area (Å²) in [6.45, 7) is 4.45. The van der Waals surface area contributed by atoms with Crippen molar-refractivity contribution in [3.8, 4) is 0 Å². The molecule has 2 amide bonds. The lowest BCUT2D eigenvalue weighted by molar-refractivity contribution is -0.144. The second-order valence-corrected chi connectivity index (χ2v) is 6.52. The Kier molecular flexibility index (Phi) is 5.95. The Hall–Kier alpha value is -2.37. The molecule has 2 atom stereocenters. The molecule has 6 heteroatoms. The van der Waals surface area contributed by atoms with Crippen LogP contribution in [0.2, 0.25) is 0 Å². The van der Waals surface area contributed by atoms with E-state index in [0.29, 0.717) is 25.1 Å². The number of piperidine rings is 1. The van der Waals surface area contributed by atoms with Crippen molar-refractivity contribution < 1.29 is 19.5 Å². The number of carboxylic acid groups (broad SMARTS) is 1. The number of carboxylic acids is 1. The van der Waals surface area contributed by atoms with Crippen molar-refractivity contribution in [2.45, 2.75) is 32.7 Å². The number of likely N-dealkylation sites (tertiary alicyclic amines) is 1. The Morgan fingerprint density at radius 1 is 1.21 bits per heavy atom. The maximum Gasteiger partial charge on any atom is 0.326 e. The van der Waals surface area contributed by atoms with E-state index in [9.17, 15) is 19.5 Å². The van der Waals surface area contributed by atoms with Crippen molar-refractivity contribution in [1.29, 1.82) is 0 Å². The molecule has 0 saturated carbocycles. The first kappa shape index (κ1) is 18.0. The van der Waals surface area contributed by atoms with Crippen LogP contribution in [0.4, 0.5) is 0 Å². The van der Waals surface area contributed by atoms with Crippen molar-refractivity contribution >= 4 is 17.8 Å². The van der Waals surface area contributed by atoms with Gasteiger partial charge in [-0.2, -0.15) is 0 Å². The van der Waals surface area contributed by atoms with E-state index in [1.54, 1.807) is 30.9 Å². The van der Waals surface area contributed by atoms with E-state index in [1.165, 1.54) is 0 Å². The monoisotopic (exact) mass is 332 g/mol. The summed E-state index contributed by atoms with van der Waals surface area (Å²) < 4.78 is 0. The molecular weight excluding hydrogens is 308 g/mol. The third-order valence-electron chi connectivity index (χ3n) is 4.33. The SMILES string of the molecule is CC(C)C(NC(=O)C1CCCN(C(=O)c2ccccc2)C1)C(=O)O. The van der Waals surface area contributed by atoms with Crippen LogP contribution in [-0.2, 0) is 9.59 Å². The average Bonchev–Trinajstić information content (AvgIpc) is 2.59. The number of aliphatic carboxylic acids is 1. The normalized spacial score (nSPS) is 19.0. The zero-order valence-electron chi connectivity index (χ0n) is 14.1. The van der Waals surface area contributed by atoms with E-state index < -0.39 is 12.0 Å². The molecule has 6 nitrogen and oxygen atoms in total. The molecule has 1 aromatic carbocycles. The molecule has 0 aromatic heterocycles. The van der Waals surface area contributed by atoms with Crippen LogP contribution in [0.1, 0.15) is 37.0 Å². The fourth-order valence-corrected chi connectivity index (χ4v) is 2.92. The topological polar surface area (TPSA) is 86.7 Å². The highest BCUT2D eigenvalue weighted by atomic mass is 16.4. The van der Waals surface area contributed by atoms with Crippen molar-refractivity contribution in [3.05, 3.63) is 35.9 Å². The molecule has 0 radical (unpaired) electrons. The molecule has 0 bridgehead atoms. The quantitative estimate of drug-likeness (QED) is 0.860. The van der Waals surface area contributed by atoms with Gasteiger partial charge in [-0.25, -0.2) is 4.79 Å². The zero-order valence-corrected chi connectivity index (χ0v) is 14.1. The number of carbonyl (C=O) groups is 3. The van der Waals surface area contributed by atoms with Crippen molar-refractivity contribution in [2.75, 3.05) is 13.1 Å². The van der Waals surface area contributed by atoms with Gasteiger partial charge in [0.25, 0.3) is 5.91 Å². The second kappa shape index (κ2) is 7.95. The molecular formula is C18H24N2O4. The van der Waals surface area contributed by atoms with E-state index in [1.807, 2.05) is 18.2 Å². The van der Waals surface area contributed by atoms with Gasteiger partial charge in [-0.05, 0) is 30.9 Å². The van der Waals surface area contributed by atoms with E-state index in [2.05, 4.69) is 5.32 Å². The van der Waals surface area contributed by atoms with Crippen molar-refractivity contribution in [2.24, 2.45) is 11.8 Å². The van der Waals surface area contributed by atoms with Crippen LogP contribution in [-0.4, -0.2) is 46.9 Å². The van der Waals surface area contributed by atoms with Crippen LogP contribution in [0.5, 0.6) is 0 Å². The van der Waals surface area contributed by atoms with Crippen molar-refractivity contribution in [3.63, 3.8) is 0 Å². The van der Waals surface area contributed by atoms with Crippen LogP contribution in [0.15, 0.2) is 30.3 Å². The summed E-state index contributed by atoms with van der Waals surface area (Å²) in [5, 5.41) is 11.8. The highest BCUT2D eigenvalue weighted by molar-refractivity contribution is 5.94. The molecule has 0 spiro atoms. The van der Waals surface area contributed by atoms with Crippen LogP contribution in [0.25, 0.3) is 0 Å². The third-order valence-corrected chi connectivity index (χ3v) is 4.33. The minimum Gasteiger partial charge on any atom is -0.480 e. The fourth-order valence-electron chi connectivity index (χ4n) is 2.92. The molecule has 130 valence electrons. The number of nitrogens with one attached hydrogen (secondary N) is 1. The van der Waals surface area contributed by atoms with Crippen molar-refractivity contribution in [1.82, 2.24) is 10.2 Å². The molecule has 1 heterocycles. The van der Waals surface area contributed by atoms with Crippen LogP contribution in [0.3, 0.4) is 0 Å². The molecule has 1 aliphatic rings. The van der Waals surface area contributed by atoms with E-state index in [0.717, 1.165) is 6.42 Å². The highest BCUT2D eigenvalue weighted by Gasteiger charge is 2.32. The number of rotatable bonds is 5. The number of hydrogen-bond donors (Lipinski definition) is 2. The first-order chi connectivity index (χ1) is 11.4. The lowest BCUT2D eigenvalue weighted by atomic mass is 9.95. The molecule has 1 aromatic rings. The van der Waals surface area contributed by atoms with Gasteiger partial charge in [0.1, 0.15) is 6.04 Å². The highest BCUT2D eigenvalue weighted by Crippen LogP contribution is 2.19. The molecule has 2 N–H and O–H groups in total. The van der Waals surface area contributed by atoms with Gasteiger partial charge in [0.05, 0.1) is 5.92 Å². The number of benzene rings is 1. The second-order valence-electron chi connectivity index (χ2n) is 6.52. The van der Waals surface area contributed by atoms with E-state index >= 15 is 0 Å². The Labute approximate surface area is 141 Å². The summed E-state index contributed by atoms with van der Waals surface area (Å²) in [7, 11) is 0. The minimum atomic E-state index is -1.04. The van der Waals surface area contributed by atoms with Crippen LogP contribution >= 0.6 is 0 Å². The summed E-state index contributed by atoms with van der Waals surface area (Å²) in [5.41, 5.74) is 0.601. The van der Waals surface area contributed by atoms with Gasteiger partial charge in [0.2, 0.25) is 5.91 Å². The summed E-state index contributed by atoms with van der Waals surface area (Å²) in [5.74, 6) is -1.98. The Bertz CT molecular complexity index is 600. The molecule has 1 saturated heterocycles. The molecule has 2 unspecified atom stereocenters. The van der Waals surface area contributed by atoms with Crippen LogP contribution in [0, 0.1) is 11.8 Å². The Morgan fingerprint density at radius 3 is 2.46 bits per heavy atom. The lowest BCUT2D eigenvalue weighted by Gasteiger charge is -2.33. The number of nitrogens with zero attached hydrogens (tertiary/aromatic N) is 1. The average molecular weight is 332 g/mol. The zero-order chi connectivity index (χ0) is 17.7. The minimum absolute atomic E-state index is 0.0910. The summed E-state index contributed by atoms with van der Waals surface area (Å²) in [6.07, 6.45) is 1.39. The van der Waals surface area contributed by atoms with Gasteiger partial charge in [0.15, 0.2) is 0 Å². The smallest absolute Gasteiger partial charge is 0.326 e. The van der Waals surface area contributed by atoms with Gasteiger partial charge in [-0.15, -0.1) is 0 Å². The van der Waals surface area contributed by atoms with Gasteiger partial charge in [0, 0.05) is 18.7 Å². The maximum atomic E-state index is 12.5. The van der Waals surface area contributed by atoms with E-state index in [4.69, 9.17) is 0 Å². The van der Waals surface area contributed by atoms with Gasteiger partial charge in [-0.1, -0.05) is 32.0 Å². The third kappa shape index (κ3) is 4.34. The molecule has 1 aliphatic heterocycles. The molecule has 0 aliphatic carbocycles. The number of hydrogen-bond acceptors (Lipinski definition) is 3. The first-order valence-electron chi connectivity index (χ1n) is 8.27. The summed E-state index contributed by atoms with van der Waals surface area (Å²) in [6, 6.07) is 8.07. The fraction of sp³-hybridized carbons (Fsp3) is 0.500. The Balaban J connectivity index is 2.01. The molecule has 24 heavy (non-hydrogen) atoms. The van der Waals surface area contributed by atoms with Gasteiger partial charge >= 0.3 is 5.97 Å². The lowest BCUT2D eigenvalue weighted by Crippen LogP contribution is -2.50. The molecule has 1 fully saturated rings. The number of amides is 2. The molecule has 2 rings (SSSR count). The van der Waals surface area contributed by atoms with Crippen LogP contribution < -0.4 is 5.32 Å². The summed E-state index contributed by atoms with van der Waals surface area (Å²) >= 11 is 0. The summed E-state index contributed by atoms with van der Waals surface area (Å²) in [4.78, 5) is 37.8. The largest absolute Gasteiger partial charge is 0.480 e. The Morgan fingerprint density at radius 2 is 1.88 bits per heavy atom. The van der Waals surface area contributed by atoms with Gasteiger partial charge < -0.3 is 15.3 Å². The first-order valence-corrected chi connectivity index (χ1v) is 8.27.